The summed E-state index contributed by atoms with van der Waals surface area (Å²) >= 11 is 3.10. The molecule has 2 N–H and O–H groups in total. The molecule has 0 aromatic carbocycles. The van der Waals surface area contributed by atoms with E-state index in [0.29, 0.717) is 0 Å². The molecule has 2 unspecified atom stereocenters. The number of aromatic nitrogens is 2. The van der Waals surface area contributed by atoms with E-state index in [4.69, 9.17) is 0 Å². The molecule has 0 spiro atoms. The number of nitrogens with one attached hydrogen (secondary N) is 1. The first-order chi connectivity index (χ1) is 8.56. The zero-order valence-electron chi connectivity index (χ0n) is 11.3. The predicted octanol–water partition coefficient (Wildman–Crippen LogP) is 2.88. The van der Waals surface area contributed by atoms with Crippen LogP contribution in [0.1, 0.15) is 27.2 Å². The highest BCUT2D eigenvalue weighted by atomic mass is 32.2. The molecule has 1 aromatic heterocycles. The van der Waals surface area contributed by atoms with Crippen molar-refractivity contribution in [2.75, 3.05) is 18.1 Å². The molecule has 1 rings (SSSR count). The van der Waals surface area contributed by atoms with Gasteiger partial charge in [0.25, 0.3) is 0 Å². The Morgan fingerprint density at radius 3 is 2.67 bits per heavy atom. The normalized spacial score (nSPS) is 14.3. The molecule has 1 heterocycles. The molecule has 2 atom stereocenters. The monoisotopic (exact) mass is 287 g/mol. The smallest absolute Gasteiger partial charge is 0.190 e. The molecule has 0 radical (unpaired) electrons. The van der Waals surface area contributed by atoms with Crippen molar-refractivity contribution in [3.05, 3.63) is 6.07 Å². The summed E-state index contributed by atoms with van der Waals surface area (Å²) in [6, 6.07) is 1.94. The highest BCUT2D eigenvalue weighted by molar-refractivity contribution is 8.00. The molecule has 0 fully saturated rings. The van der Waals surface area contributed by atoms with Crippen molar-refractivity contribution >= 4 is 29.3 Å². The Hall–Kier alpha value is -0.460. The van der Waals surface area contributed by atoms with Crippen molar-refractivity contribution in [3.63, 3.8) is 0 Å². The predicted molar refractivity (Wildman–Crippen MR) is 79.6 cm³/mol. The van der Waals surface area contributed by atoms with Gasteiger partial charge in [0.15, 0.2) is 5.16 Å². The Labute approximate surface area is 117 Å². The molecule has 102 valence electrons. The van der Waals surface area contributed by atoms with E-state index in [9.17, 15) is 5.11 Å². The minimum Gasteiger partial charge on any atom is -0.392 e. The van der Waals surface area contributed by atoms with E-state index in [1.807, 2.05) is 19.2 Å². The summed E-state index contributed by atoms with van der Waals surface area (Å²) in [4.78, 5) is 8.85. The van der Waals surface area contributed by atoms with Gasteiger partial charge in [-0.2, -0.15) is 0 Å². The van der Waals surface area contributed by atoms with Gasteiger partial charge in [0, 0.05) is 17.9 Å². The van der Waals surface area contributed by atoms with Crippen LogP contribution in [0.15, 0.2) is 16.2 Å². The number of thioether (sulfide) groups is 2. The van der Waals surface area contributed by atoms with Gasteiger partial charge in [0.2, 0.25) is 0 Å². The van der Waals surface area contributed by atoms with Crippen LogP contribution < -0.4 is 5.32 Å². The fraction of sp³-hybridized carbons (Fsp3) is 0.667. The Morgan fingerprint density at radius 1 is 1.39 bits per heavy atom. The molecule has 0 saturated carbocycles. The summed E-state index contributed by atoms with van der Waals surface area (Å²) in [5.41, 5.74) is 0. The van der Waals surface area contributed by atoms with E-state index in [1.54, 1.807) is 18.7 Å². The van der Waals surface area contributed by atoms with Crippen LogP contribution in [0.25, 0.3) is 0 Å². The van der Waals surface area contributed by atoms with Gasteiger partial charge >= 0.3 is 0 Å². The molecule has 0 aliphatic heterocycles. The van der Waals surface area contributed by atoms with Crippen molar-refractivity contribution in [2.45, 2.75) is 48.7 Å². The molecule has 0 bridgehead atoms. The fourth-order valence-corrected chi connectivity index (χ4v) is 2.52. The average Bonchev–Trinajstić information content (AvgIpc) is 2.35. The van der Waals surface area contributed by atoms with Crippen molar-refractivity contribution in [1.82, 2.24) is 9.97 Å². The van der Waals surface area contributed by atoms with Crippen LogP contribution in [0.5, 0.6) is 0 Å². The second-order valence-corrected chi connectivity index (χ2v) is 6.24. The quantitative estimate of drug-likeness (QED) is 0.457. The van der Waals surface area contributed by atoms with Crippen molar-refractivity contribution in [1.29, 1.82) is 0 Å². The van der Waals surface area contributed by atoms with E-state index < -0.39 is 0 Å². The number of hydrogen-bond acceptors (Lipinski definition) is 6. The summed E-state index contributed by atoms with van der Waals surface area (Å²) in [5, 5.41) is 14.6. The lowest BCUT2D eigenvalue weighted by atomic mass is 10.3. The summed E-state index contributed by atoms with van der Waals surface area (Å²) in [6.45, 7) is 6.82. The topological polar surface area (TPSA) is 58.0 Å². The Kier molecular flexibility index (Phi) is 6.81. The molecule has 0 aliphatic carbocycles. The number of anilines is 1. The van der Waals surface area contributed by atoms with Crippen molar-refractivity contribution in [3.8, 4) is 0 Å². The lowest BCUT2D eigenvalue weighted by Crippen LogP contribution is -2.15. The summed E-state index contributed by atoms with van der Waals surface area (Å²) in [6.07, 6.45) is 2.67. The summed E-state index contributed by atoms with van der Waals surface area (Å²) in [5.74, 6) is 0.858. The maximum atomic E-state index is 9.53. The van der Waals surface area contributed by atoms with Gasteiger partial charge in [-0.1, -0.05) is 25.6 Å². The largest absolute Gasteiger partial charge is 0.392 e. The Balaban J connectivity index is 2.82. The first kappa shape index (κ1) is 15.6. The molecule has 18 heavy (non-hydrogen) atoms. The second-order valence-electron chi connectivity index (χ2n) is 4.07. The molecule has 0 aliphatic rings. The van der Waals surface area contributed by atoms with Gasteiger partial charge in [-0.15, -0.1) is 11.8 Å². The minimum atomic E-state index is -0.352. The van der Waals surface area contributed by atoms with Gasteiger partial charge in [0.05, 0.1) is 6.10 Å². The highest BCUT2D eigenvalue weighted by Crippen LogP contribution is 2.27. The van der Waals surface area contributed by atoms with E-state index >= 15 is 0 Å². The average molecular weight is 287 g/mol. The van der Waals surface area contributed by atoms with Gasteiger partial charge in [-0.25, -0.2) is 9.97 Å². The first-order valence-corrected chi connectivity index (χ1v) is 8.19. The summed E-state index contributed by atoms with van der Waals surface area (Å²) in [7, 11) is 0. The third kappa shape index (κ3) is 5.04. The van der Waals surface area contributed by atoms with Crippen LogP contribution in [-0.4, -0.2) is 39.2 Å². The number of aliphatic hydroxyl groups excluding tert-OH is 1. The molecule has 0 saturated heterocycles. The van der Waals surface area contributed by atoms with Crippen LogP contribution in [-0.2, 0) is 0 Å². The lowest BCUT2D eigenvalue weighted by molar-refractivity contribution is 0.196. The molecular weight excluding hydrogens is 266 g/mol. The zero-order chi connectivity index (χ0) is 13.5. The molecule has 4 nitrogen and oxygen atoms in total. The van der Waals surface area contributed by atoms with E-state index in [0.717, 1.165) is 29.0 Å². The standard InChI is InChI=1S/C12H21N3OS2/c1-5-6-13-10-7-11(15-12(14-10)17-4)18-9(3)8(2)16/h7-9,16H,5-6H2,1-4H3,(H,13,14,15). The number of hydrogen-bond donors (Lipinski definition) is 2. The second kappa shape index (κ2) is 7.86. The van der Waals surface area contributed by atoms with Crippen LogP contribution in [0.2, 0.25) is 0 Å². The van der Waals surface area contributed by atoms with Crippen molar-refractivity contribution in [2.24, 2.45) is 0 Å². The van der Waals surface area contributed by atoms with E-state index in [2.05, 4.69) is 22.2 Å². The van der Waals surface area contributed by atoms with E-state index in [-0.39, 0.29) is 11.4 Å². The number of aliphatic hydroxyl groups is 1. The van der Waals surface area contributed by atoms with E-state index in [1.165, 1.54) is 11.8 Å². The van der Waals surface area contributed by atoms with Gasteiger partial charge < -0.3 is 10.4 Å². The van der Waals surface area contributed by atoms with Crippen LogP contribution in [0, 0.1) is 0 Å². The molecule has 6 heteroatoms. The lowest BCUT2D eigenvalue weighted by Gasteiger charge is -2.14. The van der Waals surface area contributed by atoms with Crippen LogP contribution in [0.3, 0.4) is 0 Å². The first-order valence-electron chi connectivity index (χ1n) is 6.08. The maximum absolute atomic E-state index is 9.53. The molecular formula is C12H21N3OS2. The highest BCUT2D eigenvalue weighted by Gasteiger charge is 2.13. The Morgan fingerprint density at radius 2 is 2.11 bits per heavy atom. The van der Waals surface area contributed by atoms with Gasteiger partial charge in [-0.05, 0) is 19.6 Å². The summed E-state index contributed by atoms with van der Waals surface area (Å²) < 4.78 is 0. The fourth-order valence-electron chi connectivity index (χ4n) is 1.19. The van der Waals surface area contributed by atoms with Crippen molar-refractivity contribution < 1.29 is 5.11 Å². The van der Waals surface area contributed by atoms with Crippen LogP contribution in [0.4, 0.5) is 5.82 Å². The maximum Gasteiger partial charge on any atom is 0.190 e. The zero-order valence-corrected chi connectivity index (χ0v) is 12.9. The van der Waals surface area contributed by atoms with Gasteiger partial charge in [-0.3, -0.25) is 0 Å². The number of nitrogens with zero attached hydrogens (tertiary/aromatic N) is 2. The van der Waals surface area contributed by atoms with Gasteiger partial charge in [0.1, 0.15) is 10.8 Å². The Bertz CT molecular complexity index is 374. The molecule has 0 amide bonds. The number of rotatable bonds is 7. The third-order valence-electron chi connectivity index (χ3n) is 2.41. The SMILES string of the molecule is CCCNc1cc(SC(C)C(C)O)nc(SC)n1. The minimum absolute atomic E-state index is 0.119. The van der Waals surface area contributed by atoms with Crippen LogP contribution >= 0.6 is 23.5 Å². The third-order valence-corrected chi connectivity index (χ3v) is 4.17. The molecule has 1 aromatic rings.